The number of nitrogens with zero attached hydrogens (tertiary/aromatic N) is 2. The average Bonchev–Trinajstić information content (AvgIpc) is 2.64. The van der Waals surface area contributed by atoms with E-state index in [1.807, 2.05) is 6.07 Å². The highest BCUT2D eigenvalue weighted by atomic mass is 16.3. The first-order valence-corrected chi connectivity index (χ1v) is 10.7. The summed E-state index contributed by atoms with van der Waals surface area (Å²) in [6.07, 6.45) is 4.09. The maximum atomic E-state index is 12.9. The van der Waals surface area contributed by atoms with E-state index in [4.69, 9.17) is 0 Å². The zero-order valence-corrected chi connectivity index (χ0v) is 17.9. The Kier molecular flexibility index (Phi) is 6.23. The SMILES string of the molecule is CC1CCCN(C(=O)C2CCN(Cc3cc(C(C)(C)C)cc(O)c3O)CC2)C1. The Balaban J connectivity index is 1.60. The van der Waals surface area contributed by atoms with E-state index in [1.54, 1.807) is 6.07 Å². The molecule has 156 valence electrons. The summed E-state index contributed by atoms with van der Waals surface area (Å²) in [7, 11) is 0. The van der Waals surface area contributed by atoms with Crippen molar-refractivity contribution in [3.8, 4) is 11.5 Å². The van der Waals surface area contributed by atoms with Gasteiger partial charge in [-0.3, -0.25) is 9.69 Å². The molecule has 0 bridgehead atoms. The molecule has 0 spiro atoms. The van der Waals surface area contributed by atoms with Crippen molar-refractivity contribution in [1.82, 2.24) is 9.80 Å². The summed E-state index contributed by atoms with van der Waals surface area (Å²) in [6, 6.07) is 3.66. The van der Waals surface area contributed by atoms with Gasteiger partial charge in [0.15, 0.2) is 11.5 Å². The third-order valence-corrected chi connectivity index (χ3v) is 6.33. The normalized spacial score (nSPS) is 22.4. The van der Waals surface area contributed by atoms with Crippen LogP contribution in [0.3, 0.4) is 0 Å². The molecule has 2 aliphatic rings. The summed E-state index contributed by atoms with van der Waals surface area (Å²) in [5.74, 6) is 1.01. The number of carbonyl (C=O) groups is 1. The predicted molar refractivity (Wildman–Crippen MR) is 111 cm³/mol. The Morgan fingerprint density at radius 2 is 1.79 bits per heavy atom. The molecule has 2 fully saturated rings. The molecule has 0 saturated carbocycles. The Morgan fingerprint density at radius 3 is 2.39 bits per heavy atom. The molecule has 2 N–H and O–H groups in total. The van der Waals surface area contributed by atoms with Crippen LogP contribution in [0.2, 0.25) is 0 Å². The van der Waals surface area contributed by atoms with Crippen LogP contribution in [0.15, 0.2) is 12.1 Å². The van der Waals surface area contributed by atoms with Gasteiger partial charge in [-0.2, -0.15) is 0 Å². The second-order valence-corrected chi connectivity index (χ2v) is 9.84. The number of phenolic OH excluding ortho intramolecular Hbond substituents is 2. The van der Waals surface area contributed by atoms with E-state index in [0.29, 0.717) is 18.4 Å². The maximum absolute atomic E-state index is 12.9. The van der Waals surface area contributed by atoms with Gasteiger partial charge in [-0.05, 0) is 61.7 Å². The molecular weight excluding hydrogens is 352 g/mol. The van der Waals surface area contributed by atoms with Gasteiger partial charge in [0.1, 0.15) is 0 Å². The zero-order valence-electron chi connectivity index (χ0n) is 17.9. The van der Waals surface area contributed by atoms with E-state index in [0.717, 1.165) is 56.6 Å². The fraction of sp³-hybridized carbons (Fsp3) is 0.696. The third-order valence-electron chi connectivity index (χ3n) is 6.33. The summed E-state index contributed by atoms with van der Waals surface area (Å²) >= 11 is 0. The fourth-order valence-electron chi connectivity index (χ4n) is 4.46. The van der Waals surface area contributed by atoms with Crippen molar-refractivity contribution in [2.24, 2.45) is 11.8 Å². The highest BCUT2D eigenvalue weighted by molar-refractivity contribution is 5.79. The van der Waals surface area contributed by atoms with E-state index in [-0.39, 0.29) is 22.8 Å². The van der Waals surface area contributed by atoms with Crippen molar-refractivity contribution < 1.29 is 15.0 Å². The molecule has 1 unspecified atom stereocenters. The van der Waals surface area contributed by atoms with Crippen LogP contribution in [0.5, 0.6) is 11.5 Å². The molecule has 1 aromatic carbocycles. The third kappa shape index (κ3) is 4.80. The van der Waals surface area contributed by atoms with Gasteiger partial charge in [0, 0.05) is 31.1 Å². The van der Waals surface area contributed by atoms with E-state index >= 15 is 0 Å². The minimum absolute atomic E-state index is 0.0199. The number of rotatable bonds is 3. The summed E-state index contributed by atoms with van der Waals surface area (Å²) < 4.78 is 0. The lowest BCUT2D eigenvalue weighted by Crippen LogP contribution is -2.45. The Bertz CT molecular complexity index is 703. The molecule has 1 amide bonds. The van der Waals surface area contributed by atoms with E-state index in [2.05, 4.69) is 37.5 Å². The first-order valence-electron chi connectivity index (χ1n) is 10.7. The lowest BCUT2D eigenvalue weighted by Gasteiger charge is -2.37. The molecule has 0 aliphatic carbocycles. The smallest absolute Gasteiger partial charge is 0.225 e. The Hall–Kier alpha value is -1.75. The Morgan fingerprint density at radius 1 is 1.11 bits per heavy atom. The van der Waals surface area contributed by atoms with Crippen LogP contribution in [0.25, 0.3) is 0 Å². The molecule has 2 saturated heterocycles. The Labute approximate surface area is 169 Å². The quantitative estimate of drug-likeness (QED) is 0.772. The second kappa shape index (κ2) is 8.32. The van der Waals surface area contributed by atoms with Gasteiger partial charge in [0.2, 0.25) is 5.91 Å². The molecule has 3 rings (SSSR count). The molecule has 1 atom stereocenters. The van der Waals surface area contributed by atoms with Gasteiger partial charge in [-0.1, -0.05) is 33.8 Å². The van der Waals surface area contributed by atoms with E-state index in [1.165, 1.54) is 6.42 Å². The number of amides is 1. The summed E-state index contributed by atoms with van der Waals surface area (Å²) in [5, 5.41) is 20.5. The largest absolute Gasteiger partial charge is 0.504 e. The number of carbonyl (C=O) groups excluding carboxylic acids is 1. The summed E-state index contributed by atoms with van der Waals surface area (Å²) in [6.45, 7) is 12.6. The number of piperidine rings is 2. The van der Waals surface area contributed by atoms with Crippen molar-refractivity contribution >= 4 is 5.91 Å². The van der Waals surface area contributed by atoms with Crippen molar-refractivity contribution in [3.05, 3.63) is 23.3 Å². The van der Waals surface area contributed by atoms with E-state index in [9.17, 15) is 15.0 Å². The fourth-order valence-corrected chi connectivity index (χ4v) is 4.46. The molecule has 28 heavy (non-hydrogen) atoms. The van der Waals surface area contributed by atoms with Crippen LogP contribution in [-0.4, -0.2) is 52.1 Å². The number of hydrogen-bond donors (Lipinski definition) is 2. The monoisotopic (exact) mass is 388 g/mol. The van der Waals surface area contributed by atoms with Gasteiger partial charge in [-0.15, -0.1) is 0 Å². The molecule has 2 heterocycles. The molecule has 5 nitrogen and oxygen atoms in total. The summed E-state index contributed by atoms with van der Waals surface area (Å²) in [4.78, 5) is 17.2. The van der Waals surface area contributed by atoms with Crippen molar-refractivity contribution in [3.63, 3.8) is 0 Å². The molecule has 5 heteroatoms. The maximum Gasteiger partial charge on any atom is 0.225 e. The predicted octanol–water partition coefficient (Wildman–Crippen LogP) is 3.87. The van der Waals surface area contributed by atoms with Gasteiger partial charge >= 0.3 is 0 Å². The minimum atomic E-state index is -0.0923. The van der Waals surface area contributed by atoms with Crippen LogP contribution >= 0.6 is 0 Å². The number of likely N-dealkylation sites (tertiary alicyclic amines) is 2. The molecule has 2 aliphatic heterocycles. The minimum Gasteiger partial charge on any atom is -0.504 e. The van der Waals surface area contributed by atoms with Gasteiger partial charge in [-0.25, -0.2) is 0 Å². The average molecular weight is 389 g/mol. The van der Waals surface area contributed by atoms with Crippen LogP contribution < -0.4 is 0 Å². The first-order chi connectivity index (χ1) is 13.1. The number of hydrogen-bond acceptors (Lipinski definition) is 4. The van der Waals surface area contributed by atoms with Crippen LogP contribution in [0, 0.1) is 11.8 Å². The number of phenols is 2. The van der Waals surface area contributed by atoms with Gasteiger partial charge in [0.25, 0.3) is 0 Å². The molecule has 0 aromatic heterocycles. The van der Waals surface area contributed by atoms with E-state index < -0.39 is 0 Å². The summed E-state index contributed by atoms with van der Waals surface area (Å²) in [5.41, 5.74) is 1.69. The standard InChI is InChI=1S/C23H36N2O3/c1-16-6-5-9-25(14-16)22(28)17-7-10-24(11-8-17)15-18-12-19(23(2,3)4)13-20(26)21(18)27/h12-13,16-17,26-27H,5-11,14-15H2,1-4H3. The highest BCUT2D eigenvalue weighted by Crippen LogP contribution is 2.36. The van der Waals surface area contributed by atoms with Crippen molar-refractivity contribution in [2.45, 2.75) is 65.3 Å². The van der Waals surface area contributed by atoms with Gasteiger partial charge in [0.05, 0.1) is 0 Å². The molecular formula is C23H36N2O3. The molecule has 0 radical (unpaired) electrons. The van der Waals surface area contributed by atoms with Crippen LogP contribution in [0.4, 0.5) is 0 Å². The van der Waals surface area contributed by atoms with Crippen LogP contribution in [0.1, 0.15) is 64.5 Å². The second-order valence-electron chi connectivity index (χ2n) is 9.84. The first kappa shape index (κ1) is 21.0. The van der Waals surface area contributed by atoms with Gasteiger partial charge < -0.3 is 15.1 Å². The number of aromatic hydroxyl groups is 2. The van der Waals surface area contributed by atoms with Crippen LogP contribution in [-0.2, 0) is 16.8 Å². The molecule has 1 aromatic rings. The lowest BCUT2D eigenvalue weighted by molar-refractivity contribution is -0.138. The highest BCUT2D eigenvalue weighted by Gasteiger charge is 2.31. The van der Waals surface area contributed by atoms with Crippen molar-refractivity contribution in [1.29, 1.82) is 0 Å². The topological polar surface area (TPSA) is 64.0 Å². The zero-order chi connectivity index (χ0) is 20.5. The number of benzene rings is 1. The lowest BCUT2D eigenvalue weighted by atomic mass is 9.85. The van der Waals surface area contributed by atoms with Crippen molar-refractivity contribution in [2.75, 3.05) is 26.2 Å².